The van der Waals surface area contributed by atoms with Crippen molar-refractivity contribution in [2.45, 2.75) is 12.4 Å². The lowest BCUT2D eigenvalue weighted by Gasteiger charge is -2.08. The third kappa shape index (κ3) is 6.33. The maximum absolute atomic E-state index is 11.2. The highest BCUT2D eigenvalue weighted by Crippen LogP contribution is 2.20. The van der Waals surface area contributed by atoms with E-state index in [4.69, 9.17) is 17.4 Å². The summed E-state index contributed by atoms with van der Waals surface area (Å²) in [5.74, 6) is 0. The molecule has 0 aliphatic carbocycles. The molecule has 0 aliphatic rings. The molecule has 0 saturated heterocycles. The van der Waals surface area contributed by atoms with Crippen molar-refractivity contribution in [3.05, 3.63) is 77.7 Å². The van der Waals surface area contributed by atoms with Crippen LogP contribution >= 0.6 is 0 Å². The monoisotopic (exact) mass is 512 g/mol. The van der Waals surface area contributed by atoms with Crippen molar-refractivity contribution >= 4 is 21.1 Å². The Morgan fingerprint density at radius 3 is 2.04 bits per heavy atom. The second-order valence-corrected chi connectivity index (χ2v) is 9.63. The normalized spacial score (nSPS) is 11.7. The second-order valence-electron chi connectivity index (χ2n) is 5.23. The number of halogens is 4. The highest BCUT2D eigenvalue weighted by molar-refractivity contribution is 7.86. The average molecular weight is 512 g/mol. The van der Waals surface area contributed by atoms with Gasteiger partial charge in [0, 0.05) is 17.5 Å². The minimum atomic E-state index is -6.09. The largest absolute Gasteiger partial charge is 0.741 e. The number of fused-ring (bicyclic) bond motifs is 1. The Labute approximate surface area is 162 Å². The lowest BCUT2D eigenvalue weighted by molar-refractivity contribution is -0.597. The summed E-state index contributed by atoms with van der Waals surface area (Å²) in [5.41, 5.74) is -3.99. The fourth-order valence-electron chi connectivity index (χ4n) is 1.82. The van der Waals surface area contributed by atoms with Crippen molar-refractivity contribution in [2.24, 2.45) is 0 Å². The van der Waals surface area contributed by atoms with E-state index in [-0.39, 0.29) is 26.8 Å². The van der Waals surface area contributed by atoms with Gasteiger partial charge in [-0.25, -0.2) is 13.2 Å². The van der Waals surface area contributed by atoms with E-state index in [1.807, 2.05) is 12.1 Å². The molecule has 10 heteroatoms. The molecule has 0 amide bonds. The van der Waals surface area contributed by atoms with Crippen LogP contribution in [-0.2, 0) is 10.1 Å². The molecule has 27 heavy (non-hydrogen) atoms. The van der Waals surface area contributed by atoms with Crippen molar-refractivity contribution in [1.29, 1.82) is 0 Å². The van der Waals surface area contributed by atoms with Crippen LogP contribution in [0.15, 0.2) is 63.8 Å². The van der Waals surface area contributed by atoms with Crippen molar-refractivity contribution in [3.63, 3.8) is 0 Å². The predicted molar refractivity (Wildman–Crippen MR) is 86.8 cm³/mol. The molecule has 5 nitrogen and oxygen atoms in total. The first-order valence-electron chi connectivity index (χ1n) is 7.23. The molecule has 0 spiro atoms. The fourth-order valence-corrected chi connectivity index (χ4v) is 4.05. The SMILES string of the molecule is Cc1ccc([I+]c2ccc3ccc(=O)oc3c2)cc1.O=S(=O)([O-])C(F)(F)F. The van der Waals surface area contributed by atoms with E-state index < -0.39 is 15.6 Å². The van der Waals surface area contributed by atoms with E-state index in [0.29, 0.717) is 5.58 Å². The molecule has 0 saturated carbocycles. The topological polar surface area (TPSA) is 87.4 Å². The van der Waals surface area contributed by atoms with Crippen molar-refractivity contribution < 1.29 is 51.8 Å². The molecule has 144 valence electrons. The summed E-state index contributed by atoms with van der Waals surface area (Å²) in [4.78, 5) is 11.2. The molecule has 0 bridgehead atoms. The number of aryl methyl sites for hydroxylation is 1. The Morgan fingerprint density at radius 1 is 0.963 bits per heavy atom. The standard InChI is InChI=1S/C16H12IO2.CHF3O3S/c1-11-2-6-13(7-3-11)17-14-8-4-12-5-9-16(18)19-15(12)10-14;2-1(3,4)8(5,6)7/h2-10H,1H3;(H,5,6,7)/q+1;/p-1. The van der Waals surface area contributed by atoms with Crippen LogP contribution in [0.5, 0.6) is 0 Å². The fraction of sp³-hybridized carbons (Fsp3) is 0.118. The molecule has 1 aromatic heterocycles. The third-order valence-electron chi connectivity index (χ3n) is 3.10. The van der Waals surface area contributed by atoms with Gasteiger partial charge in [-0.3, -0.25) is 0 Å². The summed E-state index contributed by atoms with van der Waals surface area (Å²) in [6, 6.07) is 18.0. The molecular weight excluding hydrogens is 500 g/mol. The molecule has 0 aliphatic heterocycles. The molecule has 3 aromatic rings. The van der Waals surface area contributed by atoms with Crippen LogP contribution in [-0.4, -0.2) is 18.5 Å². The molecule has 0 unspecified atom stereocenters. The first-order chi connectivity index (χ1) is 12.5. The van der Waals surface area contributed by atoms with Gasteiger partial charge >= 0.3 is 32.3 Å². The van der Waals surface area contributed by atoms with Crippen LogP contribution in [0.4, 0.5) is 13.2 Å². The van der Waals surface area contributed by atoms with Gasteiger partial charge in [0.2, 0.25) is 0 Å². The van der Waals surface area contributed by atoms with Gasteiger partial charge in [-0.15, -0.1) is 0 Å². The van der Waals surface area contributed by atoms with E-state index >= 15 is 0 Å². The minimum Gasteiger partial charge on any atom is -0.741 e. The Balaban J connectivity index is 0.000000279. The van der Waals surface area contributed by atoms with Gasteiger partial charge < -0.3 is 8.97 Å². The molecule has 0 N–H and O–H groups in total. The molecule has 3 rings (SSSR count). The molecule has 1 heterocycles. The predicted octanol–water partition coefficient (Wildman–Crippen LogP) is 0.281. The molecule has 0 atom stereocenters. The van der Waals surface area contributed by atoms with Crippen LogP contribution in [0.1, 0.15) is 5.56 Å². The van der Waals surface area contributed by atoms with Gasteiger partial charge in [0.1, 0.15) is 5.58 Å². The van der Waals surface area contributed by atoms with Crippen LogP contribution in [0, 0.1) is 14.1 Å². The van der Waals surface area contributed by atoms with Crippen molar-refractivity contribution in [1.82, 2.24) is 0 Å². The highest BCUT2D eigenvalue weighted by Gasteiger charge is 2.36. The van der Waals surface area contributed by atoms with E-state index in [0.717, 1.165) is 5.39 Å². The van der Waals surface area contributed by atoms with Gasteiger partial charge in [0.15, 0.2) is 17.3 Å². The first kappa shape index (κ1) is 21.4. The van der Waals surface area contributed by atoms with Gasteiger partial charge in [-0.2, -0.15) is 13.2 Å². The lowest BCUT2D eigenvalue weighted by Crippen LogP contribution is -3.61. The third-order valence-corrected chi connectivity index (χ3v) is 6.30. The summed E-state index contributed by atoms with van der Waals surface area (Å²) >= 11 is -0.231. The number of hydrogen-bond donors (Lipinski definition) is 0. The van der Waals surface area contributed by atoms with Gasteiger partial charge in [0.05, 0.1) is 0 Å². The van der Waals surface area contributed by atoms with Crippen LogP contribution in [0.3, 0.4) is 0 Å². The number of benzene rings is 2. The van der Waals surface area contributed by atoms with E-state index in [9.17, 15) is 18.0 Å². The summed E-state index contributed by atoms with van der Waals surface area (Å²) < 4.78 is 66.7. The maximum atomic E-state index is 11.2. The molecule has 0 radical (unpaired) electrons. The van der Waals surface area contributed by atoms with Crippen LogP contribution in [0.25, 0.3) is 11.0 Å². The Kier molecular flexibility index (Phi) is 6.65. The summed E-state index contributed by atoms with van der Waals surface area (Å²) in [7, 11) is -6.09. The van der Waals surface area contributed by atoms with Crippen LogP contribution < -0.4 is 26.8 Å². The van der Waals surface area contributed by atoms with E-state index in [1.54, 1.807) is 6.07 Å². The van der Waals surface area contributed by atoms with Gasteiger partial charge in [-0.1, -0.05) is 17.7 Å². The van der Waals surface area contributed by atoms with Crippen molar-refractivity contribution in [2.75, 3.05) is 0 Å². The Bertz CT molecular complexity index is 1090. The van der Waals surface area contributed by atoms with Gasteiger partial charge in [-0.05, 0) is 37.3 Å². The Hall–Kier alpha value is -1.92. The number of alkyl halides is 3. The average Bonchev–Trinajstić information content (AvgIpc) is 2.55. The zero-order chi connectivity index (χ0) is 20.2. The van der Waals surface area contributed by atoms with E-state index in [1.165, 1.54) is 18.8 Å². The summed E-state index contributed by atoms with van der Waals surface area (Å²) in [5, 5.41) is 0.969. The smallest absolute Gasteiger partial charge is 0.485 e. The van der Waals surface area contributed by atoms with Crippen molar-refractivity contribution in [3.8, 4) is 0 Å². The lowest BCUT2D eigenvalue weighted by atomic mass is 10.2. The zero-order valence-corrected chi connectivity index (χ0v) is 16.6. The maximum Gasteiger partial charge on any atom is 0.485 e. The van der Waals surface area contributed by atoms with Gasteiger partial charge in [0.25, 0.3) is 0 Å². The van der Waals surface area contributed by atoms with Crippen LogP contribution in [0.2, 0.25) is 0 Å². The minimum absolute atomic E-state index is 0.231. The molecule has 0 fully saturated rings. The summed E-state index contributed by atoms with van der Waals surface area (Å²) in [6.45, 7) is 2.09. The zero-order valence-electron chi connectivity index (χ0n) is 13.7. The Morgan fingerprint density at radius 2 is 1.48 bits per heavy atom. The molecule has 2 aromatic carbocycles. The number of rotatable bonds is 2. The molecular formula is C17H12F3IO5S. The quantitative estimate of drug-likeness (QED) is 0.213. The first-order valence-corrected chi connectivity index (χ1v) is 10.8. The van der Waals surface area contributed by atoms with E-state index in [2.05, 4.69) is 37.3 Å². The highest BCUT2D eigenvalue weighted by atomic mass is 127. The second kappa shape index (κ2) is 8.40. The number of hydrogen-bond acceptors (Lipinski definition) is 5. The summed E-state index contributed by atoms with van der Waals surface area (Å²) in [6.07, 6.45) is 0.